The minimum absolute atomic E-state index is 0.502. The van der Waals surface area contributed by atoms with Crippen LogP contribution in [0.3, 0.4) is 0 Å². The molecule has 0 bridgehead atoms. The number of likely N-dealkylation sites (tertiary alicyclic amines) is 1. The van der Waals surface area contributed by atoms with Gasteiger partial charge in [0.15, 0.2) is 0 Å². The zero-order chi connectivity index (χ0) is 14.5. The number of rotatable bonds is 5. The van der Waals surface area contributed by atoms with E-state index in [9.17, 15) is 0 Å². The monoisotopic (exact) mass is 280 g/mol. The maximum Gasteiger partial charge on any atom is 0.0472 e. The normalized spacial score (nSPS) is 17.0. The van der Waals surface area contributed by atoms with Gasteiger partial charge in [0.05, 0.1) is 0 Å². The van der Waals surface area contributed by atoms with Crippen LogP contribution in [0.1, 0.15) is 24.4 Å². The quantitative estimate of drug-likeness (QED) is 0.898. The topological polar surface area (TPSA) is 15.3 Å². The fraction of sp³-hybridized carbons (Fsp3) is 0.368. The lowest BCUT2D eigenvalue weighted by Crippen LogP contribution is -2.32. The summed E-state index contributed by atoms with van der Waals surface area (Å²) in [5, 5.41) is 3.35. The second-order valence-electron chi connectivity index (χ2n) is 5.80. The van der Waals surface area contributed by atoms with Gasteiger partial charge in [-0.1, -0.05) is 54.6 Å². The number of nitrogens with one attached hydrogen (secondary N) is 1. The van der Waals surface area contributed by atoms with E-state index < -0.39 is 0 Å². The molecule has 0 aromatic heterocycles. The van der Waals surface area contributed by atoms with Gasteiger partial charge in [-0.05, 0) is 49.7 Å². The van der Waals surface area contributed by atoms with Crippen LogP contribution < -0.4 is 5.32 Å². The largest absolute Gasteiger partial charge is 0.318 e. The van der Waals surface area contributed by atoms with Crippen molar-refractivity contribution in [2.75, 3.05) is 26.7 Å². The highest BCUT2D eigenvalue weighted by atomic mass is 15.2. The molecule has 0 spiro atoms. The fourth-order valence-corrected chi connectivity index (χ4v) is 3.23. The van der Waals surface area contributed by atoms with Crippen LogP contribution in [0.5, 0.6) is 0 Å². The number of nitrogens with zero attached hydrogens (tertiary/aromatic N) is 1. The number of likely N-dealkylation sites (N-methyl/N-ethyl adjacent to an activating group) is 1. The Bertz CT molecular complexity index is 542. The van der Waals surface area contributed by atoms with E-state index >= 15 is 0 Å². The van der Waals surface area contributed by atoms with Gasteiger partial charge in [0.25, 0.3) is 0 Å². The van der Waals surface area contributed by atoms with Crippen molar-refractivity contribution in [3.05, 3.63) is 60.2 Å². The minimum atomic E-state index is 0.502. The van der Waals surface area contributed by atoms with Crippen molar-refractivity contribution < 1.29 is 0 Å². The Balaban J connectivity index is 1.81. The molecule has 0 saturated carbocycles. The van der Waals surface area contributed by atoms with Crippen LogP contribution in [0.15, 0.2) is 54.6 Å². The Labute approximate surface area is 127 Å². The molecule has 3 rings (SSSR count). The molecule has 0 radical (unpaired) electrons. The predicted molar refractivity (Wildman–Crippen MR) is 89.4 cm³/mol. The summed E-state index contributed by atoms with van der Waals surface area (Å²) < 4.78 is 0. The van der Waals surface area contributed by atoms with E-state index in [4.69, 9.17) is 0 Å². The van der Waals surface area contributed by atoms with Crippen molar-refractivity contribution in [3.63, 3.8) is 0 Å². The van der Waals surface area contributed by atoms with E-state index in [1.165, 1.54) is 42.6 Å². The van der Waals surface area contributed by atoms with Gasteiger partial charge in [0, 0.05) is 12.6 Å². The third kappa shape index (κ3) is 3.34. The number of hydrogen-bond donors (Lipinski definition) is 1. The van der Waals surface area contributed by atoms with Gasteiger partial charge >= 0.3 is 0 Å². The second kappa shape index (κ2) is 6.88. The third-order valence-electron chi connectivity index (χ3n) is 4.38. The Morgan fingerprint density at radius 3 is 2.14 bits per heavy atom. The van der Waals surface area contributed by atoms with Gasteiger partial charge < -0.3 is 5.32 Å². The lowest BCUT2D eigenvalue weighted by atomic mass is 10.00. The smallest absolute Gasteiger partial charge is 0.0472 e. The first-order valence-corrected chi connectivity index (χ1v) is 7.92. The SMILES string of the molecule is CNCC(c1ccc(-c2ccccc2)cc1)N1CCCC1. The Morgan fingerprint density at radius 1 is 0.905 bits per heavy atom. The van der Waals surface area contributed by atoms with Crippen LogP contribution in [-0.2, 0) is 0 Å². The van der Waals surface area contributed by atoms with Crippen molar-refractivity contribution in [2.24, 2.45) is 0 Å². The van der Waals surface area contributed by atoms with Crippen molar-refractivity contribution >= 4 is 0 Å². The van der Waals surface area contributed by atoms with Crippen LogP contribution in [0.4, 0.5) is 0 Å². The summed E-state index contributed by atoms with van der Waals surface area (Å²) in [7, 11) is 2.04. The van der Waals surface area contributed by atoms with Gasteiger partial charge in [0.1, 0.15) is 0 Å². The molecular weight excluding hydrogens is 256 g/mol. The highest BCUT2D eigenvalue weighted by Crippen LogP contribution is 2.27. The van der Waals surface area contributed by atoms with Crippen LogP contribution in [0.2, 0.25) is 0 Å². The molecule has 110 valence electrons. The summed E-state index contributed by atoms with van der Waals surface area (Å²) >= 11 is 0. The van der Waals surface area contributed by atoms with Crippen molar-refractivity contribution in [3.8, 4) is 11.1 Å². The molecule has 2 aromatic rings. The van der Waals surface area contributed by atoms with Gasteiger partial charge in [-0.2, -0.15) is 0 Å². The van der Waals surface area contributed by atoms with Gasteiger partial charge in [-0.3, -0.25) is 4.90 Å². The van der Waals surface area contributed by atoms with E-state index in [1.807, 2.05) is 7.05 Å². The molecule has 1 N–H and O–H groups in total. The first kappa shape index (κ1) is 14.3. The molecule has 21 heavy (non-hydrogen) atoms. The minimum Gasteiger partial charge on any atom is -0.318 e. The molecule has 1 aliphatic rings. The number of hydrogen-bond acceptors (Lipinski definition) is 2. The first-order chi connectivity index (χ1) is 10.4. The standard InChI is InChI=1S/C19H24N2/c1-20-15-19(21-13-5-6-14-21)18-11-9-17(10-12-18)16-7-3-2-4-8-16/h2-4,7-12,19-20H,5-6,13-15H2,1H3. The zero-order valence-corrected chi connectivity index (χ0v) is 12.8. The maximum atomic E-state index is 3.35. The Morgan fingerprint density at radius 2 is 1.52 bits per heavy atom. The van der Waals surface area contributed by atoms with Gasteiger partial charge in [-0.25, -0.2) is 0 Å². The average Bonchev–Trinajstić information content (AvgIpc) is 3.08. The molecule has 2 nitrogen and oxygen atoms in total. The average molecular weight is 280 g/mol. The van der Waals surface area contributed by atoms with E-state index in [1.54, 1.807) is 0 Å². The van der Waals surface area contributed by atoms with Crippen LogP contribution in [0.25, 0.3) is 11.1 Å². The molecule has 0 aliphatic carbocycles. The van der Waals surface area contributed by atoms with E-state index in [0.29, 0.717) is 6.04 Å². The Hall–Kier alpha value is -1.64. The highest BCUT2D eigenvalue weighted by molar-refractivity contribution is 5.63. The summed E-state index contributed by atoms with van der Waals surface area (Å²) in [6.07, 6.45) is 2.67. The predicted octanol–water partition coefficient (Wildman–Crippen LogP) is 3.71. The number of benzene rings is 2. The summed E-state index contributed by atoms with van der Waals surface area (Å²) in [5.41, 5.74) is 4.00. The molecule has 1 saturated heterocycles. The lowest BCUT2D eigenvalue weighted by Gasteiger charge is -2.28. The van der Waals surface area contributed by atoms with E-state index in [2.05, 4.69) is 64.8 Å². The third-order valence-corrected chi connectivity index (χ3v) is 4.38. The summed E-state index contributed by atoms with van der Waals surface area (Å²) in [6.45, 7) is 3.48. The molecule has 1 heterocycles. The zero-order valence-electron chi connectivity index (χ0n) is 12.8. The molecule has 0 amide bonds. The first-order valence-electron chi connectivity index (χ1n) is 7.92. The summed E-state index contributed by atoms with van der Waals surface area (Å²) in [6, 6.07) is 20.2. The van der Waals surface area contributed by atoms with Crippen molar-refractivity contribution in [1.29, 1.82) is 0 Å². The maximum absolute atomic E-state index is 3.35. The molecule has 1 atom stereocenters. The van der Waals surface area contributed by atoms with Gasteiger partial charge in [0.2, 0.25) is 0 Å². The fourth-order valence-electron chi connectivity index (χ4n) is 3.23. The van der Waals surface area contributed by atoms with Crippen LogP contribution in [0, 0.1) is 0 Å². The molecule has 1 unspecified atom stereocenters. The van der Waals surface area contributed by atoms with E-state index in [-0.39, 0.29) is 0 Å². The van der Waals surface area contributed by atoms with Crippen LogP contribution in [-0.4, -0.2) is 31.6 Å². The highest BCUT2D eigenvalue weighted by Gasteiger charge is 2.22. The molecule has 1 fully saturated rings. The van der Waals surface area contributed by atoms with Crippen molar-refractivity contribution in [1.82, 2.24) is 10.2 Å². The second-order valence-corrected chi connectivity index (χ2v) is 5.80. The molecule has 2 heteroatoms. The van der Waals surface area contributed by atoms with E-state index in [0.717, 1.165) is 6.54 Å². The molecule has 2 aromatic carbocycles. The Kier molecular flexibility index (Phi) is 4.69. The summed E-state index contributed by atoms with van der Waals surface area (Å²) in [4.78, 5) is 2.61. The molecule has 1 aliphatic heterocycles. The van der Waals surface area contributed by atoms with Crippen LogP contribution >= 0.6 is 0 Å². The van der Waals surface area contributed by atoms with Gasteiger partial charge in [-0.15, -0.1) is 0 Å². The lowest BCUT2D eigenvalue weighted by molar-refractivity contribution is 0.242. The molecular formula is C19H24N2. The summed E-state index contributed by atoms with van der Waals surface area (Å²) in [5.74, 6) is 0. The van der Waals surface area contributed by atoms with Crippen molar-refractivity contribution in [2.45, 2.75) is 18.9 Å².